The SMILES string of the molecule is CCCCCCCCCCCCCCC(CC)CNC1=NCC(C)N1C(=S)Nc1cccc(F)c1. The van der Waals surface area contributed by atoms with Crippen molar-refractivity contribution in [2.45, 2.75) is 117 Å². The molecular weight excluding hydrogens is 455 g/mol. The van der Waals surface area contributed by atoms with Crippen molar-refractivity contribution >= 4 is 29.0 Å². The summed E-state index contributed by atoms with van der Waals surface area (Å²) in [5.41, 5.74) is 0.659. The highest BCUT2D eigenvalue weighted by molar-refractivity contribution is 7.80. The second-order valence-electron chi connectivity index (χ2n) is 10.2. The van der Waals surface area contributed by atoms with Gasteiger partial charge in [-0.05, 0) is 49.7 Å². The lowest BCUT2D eigenvalue weighted by molar-refractivity contribution is 0.423. The maximum absolute atomic E-state index is 13.5. The van der Waals surface area contributed by atoms with Gasteiger partial charge in [-0.15, -0.1) is 0 Å². The monoisotopic (exact) mass is 504 g/mol. The van der Waals surface area contributed by atoms with Crippen LogP contribution in [0, 0.1) is 11.7 Å². The van der Waals surface area contributed by atoms with Gasteiger partial charge in [-0.3, -0.25) is 9.89 Å². The number of guanidine groups is 1. The summed E-state index contributed by atoms with van der Waals surface area (Å²) >= 11 is 5.63. The number of hydrogen-bond donors (Lipinski definition) is 2. The molecule has 1 aliphatic rings. The van der Waals surface area contributed by atoms with Crippen LogP contribution in [0.3, 0.4) is 0 Å². The van der Waals surface area contributed by atoms with Crippen LogP contribution in [0.5, 0.6) is 0 Å². The topological polar surface area (TPSA) is 39.7 Å². The second kappa shape index (κ2) is 17.7. The molecule has 0 radical (unpaired) electrons. The van der Waals surface area contributed by atoms with Crippen LogP contribution >= 0.6 is 12.2 Å². The van der Waals surface area contributed by atoms with E-state index in [4.69, 9.17) is 12.2 Å². The van der Waals surface area contributed by atoms with Crippen LogP contribution in [0.15, 0.2) is 29.3 Å². The summed E-state index contributed by atoms with van der Waals surface area (Å²) in [7, 11) is 0. The molecule has 0 aliphatic carbocycles. The van der Waals surface area contributed by atoms with E-state index in [-0.39, 0.29) is 11.9 Å². The summed E-state index contributed by atoms with van der Waals surface area (Å²) in [5.74, 6) is 1.20. The lowest BCUT2D eigenvalue weighted by atomic mass is 9.97. The summed E-state index contributed by atoms with van der Waals surface area (Å²) in [4.78, 5) is 6.71. The maximum atomic E-state index is 13.5. The van der Waals surface area contributed by atoms with Crippen molar-refractivity contribution < 1.29 is 4.39 Å². The third-order valence-corrected chi connectivity index (χ3v) is 7.36. The highest BCUT2D eigenvalue weighted by Gasteiger charge is 2.28. The first-order chi connectivity index (χ1) is 17.0. The zero-order valence-electron chi connectivity index (χ0n) is 22.5. The number of nitrogens with zero attached hydrogens (tertiary/aromatic N) is 2. The first-order valence-electron chi connectivity index (χ1n) is 14.2. The smallest absolute Gasteiger partial charge is 0.200 e. The predicted molar refractivity (Wildman–Crippen MR) is 154 cm³/mol. The summed E-state index contributed by atoms with van der Waals surface area (Å²) in [5, 5.41) is 7.28. The molecule has 0 amide bonds. The van der Waals surface area contributed by atoms with Crippen molar-refractivity contribution in [3.63, 3.8) is 0 Å². The molecule has 0 fully saturated rings. The van der Waals surface area contributed by atoms with E-state index < -0.39 is 0 Å². The summed E-state index contributed by atoms with van der Waals surface area (Å²) in [6, 6.07) is 6.58. The van der Waals surface area contributed by atoms with Crippen molar-refractivity contribution in [1.29, 1.82) is 0 Å². The molecule has 0 bridgehead atoms. The van der Waals surface area contributed by atoms with Crippen LogP contribution in [0.25, 0.3) is 0 Å². The Balaban J connectivity index is 1.60. The minimum Gasteiger partial charge on any atom is -0.356 e. The van der Waals surface area contributed by atoms with E-state index in [1.54, 1.807) is 6.07 Å². The molecule has 2 rings (SSSR count). The zero-order chi connectivity index (χ0) is 25.3. The van der Waals surface area contributed by atoms with Gasteiger partial charge in [0.15, 0.2) is 5.11 Å². The van der Waals surface area contributed by atoms with E-state index >= 15 is 0 Å². The number of unbranched alkanes of at least 4 members (excludes halogenated alkanes) is 11. The number of nitrogens with one attached hydrogen (secondary N) is 2. The van der Waals surface area contributed by atoms with Crippen LogP contribution in [0.2, 0.25) is 0 Å². The molecule has 2 N–H and O–H groups in total. The lowest BCUT2D eigenvalue weighted by Crippen LogP contribution is -2.48. The Labute approximate surface area is 219 Å². The molecule has 2 unspecified atom stereocenters. The highest BCUT2D eigenvalue weighted by atomic mass is 32.1. The van der Waals surface area contributed by atoms with Crippen molar-refractivity contribution in [3.8, 4) is 0 Å². The summed E-state index contributed by atoms with van der Waals surface area (Å²) < 4.78 is 13.5. The Morgan fingerprint density at radius 1 is 1.03 bits per heavy atom. The van der Waals surface area contributed by atoms with E-state index in [1.165, 1.54) is 102 Å². The molecule has 198 valence electrons. The quantitative estimate of drug-likeness (QED) is 0.165. The van der Waals surface area contributed by atoms with Crippen molar-refractivity contribution in [1.82, 2.24) is 10.2 Å². The number of aliphatic imine (C=N–C) groups is 1. The number of halogens is 1. The Kier molecular flexibility index (Phi) is 14.9. The van der Waals surface area contributed by atoms with E-state index in [0.29, 0.717) is 23.3 Å². The van der Waals surface area contributed by atoms with Gasteiger partial charge in [-0.1, -0.05) is 103 Å². The maximum Gasteiger partial charge on any atom is 0.200 e. The van der Waals surface area contributed by atoms with E-state index in [9.17, 15) is 4.39 Å². The van der Waals surface area contributed by atoms with Crippen molar-refractivity contribution in [3.05, 3.63) is 30.1 Å². The molecule has 0 saturated heterocycles. The molecule has 4 nitrogen and oxygen atoms in total. The largest absolute Gasteiger partial charge is 0.356 e. The third kappa shape index (κ3) is 11.7. The molecule has 2 atom stereocenters. The second-order valence-corrected chi connectivity index (χ2v) is 10.5. The fourth-order valence-corrected chi connectivity index (χ4v) is 5.12. The molecule has 1 aromatic rings. The number of rotatable bonds is 17. The molecule has 1 heterocycles. The van der Waals surface area contributed by atoms with Crippen LogP contribution < -0.4 is 10.6 Å². The van der Waals surface area contributed by atoms with E-state index in [0.717, 1.165) is 12.5 Å². The molecule has 35 heavy (non-hydrogen) atoms. The fraction of sp³-hybridized carbons (Fsp3) is 0.724. The van der Waals surface area contributed by atoms with Crippen LogP contribution in [-0.4, -0.2) is 35.1 Å². The Bertz CT molecular complexity index is 754. The van der Waals surface area contributed by atoms with Crippen LogP contribution in [0.4, 0.5) is 10.1 Å². The minimum atomic E-state index is -0.275. The Morgan fingerprint density at radius 3 is 2.26 bits per heavy atom. The van der Waals surface area contributed by atoms with Crippen molar-refractivity contribution in [2.75, 3.05) is 18.4 Å². The van der Waals surface area contributed by atoms with Crippen LogP contribution in [0.1, 0.15) is 111 Å². The van der Waals surface area contributed by atoms with Crippen molar-refractivity contribution in [2.24, 2.45) is 10.9 Å². The van der Waals surface area contributed by atoms with Gasteiger partial charge in [-0.2, -0.15) is 0 Å². The summed E-state index contributed by atoms with van der Waals surface area (Å²) in [6.45, 7) is 8.30. The minimum absolute atomic E-state index is 0.183. The number of anilines is 1. The van der Waals surface area contributed by atoms with Gasteiger partial charge < -0.3 is 10.6 Å². The van der Waals surface area contributed by atoms with Gasteiger partial charge >= 0.3 is 0 Å². The normalized spacial score (nSPS) is 16.3. The van der Waals surface area contributed by atoms with E-state index in [1.807, 2.05) is 11.0 Å². The molecule has 0 aromatic heterocycles. The zero-order valence-corrected chi connectivity index (χ0v) is 23.3. The molecule has 0 saturated carbocycles. The van der Waals surface area contributed by atoms with Gasteiger partial charge in [0.1, 0.15) is 5.82 Å². The average Bonchev–Trinajstić information content (AvgIpc) is 3.22. The molecule has 1 aromatic carbocycles. The lowest BCUT2D eigenvalue weighted by Gasteiger charge is -2.28. The first-order valence-corrected chi connectivity index (χ1v) is 14.6. The average molecular weight is 505 g/mol. The molecule has 1 aliphatic heterocycles. The van der Waals surface area contributed by atoms with Gasteiger partial charge in [0.2, 0.25) is 5.96 Å². The highest BCUT2D eigenvalue weighted by Crippen LogP contribution is 2.18. The standard InChI is InChI=1S/C29H49FN4S/c1-4-6-7-8-9-10-11-12-13-14-15-16-18-25(5-2)23-32-28-31-22-24(3)34(28)29(35)33-27-20-17-19-26(30)21-27/h17,19-21,24-25H,4-16,18,22-23H2,1-3H3,(H,31,32)(H,33,35). The van der Waals surface area contributed by atoms with E-state index in [2.05, 4.69) is 36.4 Å². The van der Waals surface area contributed by atoms with Crippen LogP contribution in [-0.2, 0) is 0 Å². The number of thiocarbonyl (C=S) groups is 1. The number of benzene rings is 1. The fourth-order valence-electron chi connectivity index (χ4n) is 4.73. The first kappa shape index (κ1) is 29.5. The Hall–Kier alpha value is -1.69. The van der Waals surface area contributed by atoms with Gasteiger partial charge in [0.25, 0.3) is 0 Å². The summed E-state index contributed by atoms with van der Waals surface area (Å²) in [6.07, 6.45) is 19.1. The third-order valence-electron chi connectivity index (χ3n) is 7.06. The Morgan fingerprint density at radius 2 is 1.66 bits per heavy atom. The van der Waals surface area contributed by atoms with Gasteiger partial charge in [-0.25, -0.2) is 4.39 Å². The van der Waals surface area contributed by atoms with Gasteiger partial charge in [0, 0.05) is 12.2 Å². The molecular formula is C29H49FN4S. The predicted octanol–water partition coefficient (Wildman–Crippen LogP) is 8.29. The molecule has 6 heteroatoms. The number of hydrogen-bond acceptors (Lipinski definition) is 3. The molecule has 0 spiro atoms. The van der Waals surface area contributed by atoms with Gasteiger partial charge in [0.05, 0.1) is 12.6 Å².